The fraction of sp³-hybridized carbons (Fsp3) is 0.667. The molecule has 66 valence electrons. The molecule has 0 bridgehead atoms. The highest BCUT2D eigenvalue weighted by atomic mass is 14.0. The maximum Gasteiger partial charge on any atom is 0.00922 e. The van der Waals surface area contributed by atoms with Crippen LogP contribution in [0.15, 0.2) is 12.2 Å². The summed E-state index contributed by atoms with van der Waals surface area (Å²) in [5.41, 5.74) is 0. The smallest absolute Gasteiger partial charge is 0.00922 e. The Morgan fingerprint density at radius 2 is 1.58 bits per heavy atom. The summed E-state index contributed by atoms with van der Waals surface area (Å²) in [5.74, 6) is 6.24. The van der Waals surface area contributed by atoms with Crippen molar-refractivity contribution in [2.24, 2.45) is 0 Å². The van der Waals surface area contributed by atoms with Crippen LogP contribution in [0, 0.1) is 11.8 Å². The van der Waals surface area contributed by atoms with Gasteiger partial charge in [-0.25, -0.2) is 0 Å². The van der Waals surface area contributed by atoms with E-state index in [0.29, 0.717) is 0 Å². The van der Waals surface area contributed by atoms with Gasteiger partial charge in [0.25, 0.3) is 0 Å². The molecule has 0 radical (unpaired) electrons. The Morgan fingerprint density at radius 3 is 2.50 bits per heavy atom. The lowest BCUT2D eigenvalue weighted by atomic mass is 10.1. The first-order valence-corrected chi connectivity index (χ1v) is 5.13. The van der Waals surface area contributed by atoms with E-state index in [2.05, 4.69) is 17.9 Å². The van der Waals surface area contributed by atoms with E-state index in [1.54, 1.807) is 0 Å². The molecule has 0 saturated carbocycles. The molecule has 0 aliphatic heterocycles. The zero-order valence-corrected chi connectivity index (χ0v) is 7.81. The highest BCUT2D eigenvalue weighted by Gasteiger charge is 1.90. The van der Waals surface area contributed by atoms with Gasteiger partial charge in [0, 0.05) is 6.42 Å². The van der Waals surface area contributed by atoms with Crippen molar-refractivity contribution in [2.75, 3.05) is 0 Å². The molecule has 0 fully saturated rings. The number of rotatable bonds is 0. The van der Waals surface area contributed by atoms with Gasteiger partial charge in [0.05, 0.1) is 0 Å². The predicted octanol–water partition coefficient (Wildman–Crippen LogP) is 3.68. The zero-order chi connectivity index (χ0) is 8.49. The fourth-order valence-corrected chi connectivity index (χ4v) is 1.46. The Morgan fingerprint density at radius 1 is 0.833 bits per heavy atom. The molecule has 12 heavy (non-hydrogen) atoms. The third-order valence-corrected chi connectivity index (χ3v) is 2.23. The van der Waals surface area contributed by atoms with E-state index < -0.39 is 0 Å². The zero-order valence-electron chi connectivity index (χ0n) is 7.81. The minimum absolute atomic E-state index is 1.09. The summed E-state index contributed by atoms with van der Waals surface area (Å²) in [6.45, 7) is 0. The summed E-state index contributed by atoms with van der Waals surface area (Å²) >= 11 is 0. The molecule has 1 aliphatic carbocycles. The molecule has 0 saturated heterocycles. The Bertz CT molecular complexity index is 178. The van der Waals surface area contributed by atoms with E-state index in [0.717, 1.165) is 6.42 Å². The molecule has 0 heterocycles. The van der Waals surface area contributed by atoms with Crippen molar-refractivity contribution in [2.45, 2.75) is 51.4 Å². The van der Waals surface area contributed by atoms with Gasteiger partial charge in [0.2, 0.25) is 0 Å². The molecule has 1 aliphatic rings. The van der Waals surface area contributed by atoms with Gasteiger partial charge in [-0.05, 0) is 25.3 Å². The average Bonchev–Trinajstić information content (AvgIpc) is 2.05. The van der Waals surface area contributed by atoms with E-state index in [-0.39, 0.29) is 0 Å². The van der Waals surface area contributed by atoms with Gasteiger partial charge in [0.1, 0.15) is 0 Å². The summed E-state index contributed by atoms with van der Waals surface area (Å²) in [5, 5.41) is 0. The monoisotopic (exact) mass is 162 g/mol. The van der Waals surface area contributed by atoms with Gasteiger partial charge >= 0.3 is 0 Å². The molecular formula is C12H18. The second-order valence-corrected chi connectivity index (χ2v) is 3.38. The van der Waals surface area contributed by atoms with Gasteiger partial charge in [-0.2, -0.15) is 0 Å². The summed E-state index contributed by atoms with van der Waals surface area (Å²) in [7, 11) is 0. The minimum Gasteiger partial charge on any atom is -0.0985 e. The van der Waals surface area contributed by atoms with Crippen LogP contribution in [-0.2, 0) is 0 Å². The highest BCUT2D eigenvalue weighted by molar-refractivity contribution is 5.14. The van der Waals surface area contributed by atoms with Crippen LogP contribution in [-0.4, -0.2) is 0 Å². The van der Waals surface area contributed by atoms with Crippen LogP contribution in [0.25, 0.3) is 0 Å². The van der Waals surface area contributed by atoms with Crippen LogP contribution in [0.1, 0.15) is 51.4 Å². The third-order valence-electron chi connectivity index (χ3n) is 2.23. The van der Waals surface area contributed by atoms with Crippen molar-refractivity contribution in [1.29, 1.82) is 0 Å². The highest BCUT2D eigenvalue weighted by Crippen LogP contribution is 2.08. The molecule has 0 atom stereocenters. The molecule has 0 nitrogen and oxygen atoms in total. The van der Waals surface area contributed by atoms with Gasteiger partial charge < -0.3 is 0 Å². The lowest BCUT2D eigenvalue weighted by molar-refractivity contribution is 0.602. The van der Waals surface area contributed by atoms with E-state index in [1.165, 1.54) is 44.9 Å². The molecule has 0 aromatic rings. The molecule has 1 rings (SSSR count). The summed E-state index contributed by atoms with van der Waals surface area (Å²) in [6.07, 6.45) is 14.8. The molecule has 0 amide bonds. The van der Waals surface area contributed by atoms with Crippen molar-refractivity contribution in [3.63, 3.8) is 0 Å². The van der Waals surface area contributed by atoms with Gasteiger partial charge in [0.15, 0.2) is 0 Å². The summed E-state index contributed by atoms with van der Waals surface area (Å²) < 4.78 is 0. The van der Waals surface area contributed by atoms with Crippen molar-refractivity contribution in [1.82, 2.24) is 0 Å². The molecule has 0 spiro atoms. The summed E-state index contributed by atoms with van der Waals surface area (Å²) in [6, 6.07) is 0. The topological polar surface area (TPSA) is 0 Å². The lowest BCUT2D eigenvalue weighted by Crippen LogP contribution is -1.80. The SMILES string of the molecule is C1#CCCCCCCCC/C=C/1. The van der Waals surface area contributed by atoms with Crippen LogP contribution < -0.4 is 0 Å². The Hall–Kier alpha value is -0.700. The number of hydrogen-bond acceptors (Lipinski definition) is 0. The Kier molecular flexibility index (Phi) is 5.46. The van der Waals surface area contributed by atoms with E-state index in [1.807, 2.05) is 6.08 Å². The molecule has 0 aromatic carbocycles. The number of allylic oxidation sites excluding steroid dienone is 2. The van der Waals surface area contributed by atoms with Gasteiger partial charge in [-0.1, -0.05) is 43.6 Å². The second-order valence-electron chi connectivity index (χ2n) is 3.38. The molecular weight excluding hydrogens is 144 g/mol. The van der Waals surface area contributed by atoms with Crippen LogP contribution in [0.5, 0.6) is 0 Å². The van der Waals surface area contributed by atoms with E-state index in [4.69, 9.17) is 0 Å². The van der Waals surface area contributed by atoms with Crippen LogP contribution >= 0.6 is 0 Å². The Labute approximate surface area is 76.1 Å². The van der Waals surface area contributed by atoms with Crippen molar-refractivity contribution in [3.05, 3.63) is 12.2 Å². The maximum atomic E-state index is 3.17. The second kappa shape index (κ2) is 6.98. The first kappa shape index (κ1) is 9.39. The maximum absolute atomic E-state index is 3.17. The normalized spacial score (nSPS) is 22.7. The first-order chi connectivity index (χ1) is 6.00. The molecule has 0 unspecified atom stereocenters. The minimum atomic E-state index is 1.09. The van der Waals surface area contributed by atoms with E-state index >= 15 is 0 Å². The average molecular weight is 162 g/mol. The summed E-state index contributed by atoms with van der Waals surface area (Å²) in [4.78, 5) is 0. The first-order valence-electron chi connectivity index (χ1n) is 5.13. The predicted molar refractivity (Wildman–Crippen MR) is 53.9 cm³/mol. The van der Waals surface area contributed by atoms with Crippen LogP contribution in [0.3, 0.4) is 0 Å². The van der Waals surface area contributed by atoms with Crippen molar-refractivity contribution < 1.29 is 0 Å². The largest absolute Gasteiger partial charge is 0.0985 e. The van der Waals surface area contributed by atoms with Crippen LogP contribution in [0.2, 0.25) is 0 Å². The quantitative estimate of drug-likeness (QED) is 0.477. The molecule has 0 aromatic heterocycles. The Balaban J connectivity index is 2.25. The van der Waals surface area contributed by atoms with Gasteiger partial charge in [-0.15, -0.1) is 0 Å². The van der Waals surface area contributed by atoms with Crippen molar-refractivity contribution >= 4 is 0 Å². The number of hydrogen-bond donors (Lipinski definition) is 0. The standard InChI is InChI=1S/C12H18/c1-2-4-6-8-10-12-11-9-7-5-3-1/h1-2H,3,5,7-12H2/b2-1+. The fourth-order valence-electron chi connectivity index (χ4n) is 1.46. The van der Waals surface area contributed by atoms with Crippen LogP contribution in [0.4, 0.5) is 0 Å². The van der Waals surface area contributed by atoms with Crippen molar-refractivity contribution in [3.8, 4) is 11.8 Å². The third kappa shape index (κ3) is 5.02. The molecule has 0 N–H and O–H groups in total. The molecule has 0 heteroatoms. The lowest BCUT2D eigenvalue weighted by Gasteiger charge is -1.98. The van der Waals surface area contributed by atoms with E-state index in [9.17, 15) is 0 Å². The van der Waals surface area contributed by atoms with Gasteiger partial charge in [-0.3, -0.25) is 0 Å².